The molecule has 2 N–H and O–H groups in total. The fourth-order valence-electron chi connectivity index (χ4n) is 2.69. The summed E-state index contributed by atoms with van der Waals surface area (Å²) >= 11 is 0. The van der Waals surface area contributed by atoms with Gasteiger partial charge in [0.05, 0.1) is 6.54 Å². The topological polar surface area (TPSA) is 29.3 Å². The summed E-state index contributed by atoms with van der Waals surface area (Å²) in [5.74, 6) is 0. The average Bonchev–Trinajstić information content (AvgIpc) is 2.25. The van der Waals surface area contributed by atoms with Crippen LogP contribution in [0, 0.1) is 0 Å². The first-order valence-corrected chi connectivity index (χ1v) is 5.95. The largest absolute Gasteiger partial charge is 0.401 e. The molecule has 1 fully saturated rings. The molecule has 0 saturated heterocycles. The smallest absolute Gasteiger partial charge is 0.329 e. The second-order valence-electron chi connectivity index (χ2n) is 4.62. The van der Waals surface area contributed by atoms with Crippen LogP contribution in [0.3, 0.4) is 0 Å². The van der Waals surface area contributed by atoms with Crippen molar-refractivity contribution in [3.63, 3.8) is 0 Å². The lowest BCUT2D eigenvalue weighted by atomic mass is 9.80. The quantitative estimate of drug-likeness (QED) is 0.815. The van der Waals surface area contributed by atoms with Gasteiger partial charge in [0.1, 0.15) is 0 Å². The van der Waals surface area contributed by atoms with E-state index in [4.69, 9.17) is 5.73 Å². The van der Waals surface area contributed by atoms with Crippen molar-refractivity contribution in [2.75, 3.05) is 19.6 Å². The maximum atomic E-state index is 12.5. The fourth-order valence-corrected chi connectivity index (χ4v) is 2.69. The molecule has 0 amide bonds. The third kappa shape index (κ3) is 3.35. The first-order valence-electron chi connectivity index (χ1n) is 5.95. The second-order valence-corrected chi connectivity index (χ2v) is 4.62. The Bertz CT molecular complexity index is 210. The fraction of sp³-hybridized carbons (Fsp3) is 1.00. The number of nitrogens with zero attached hydrogens (tertiary/aromatic N) is 1. The minimum atomic E-state index is -4.13. The highest BCUT2D eigenvalue weighted by Gasteiger charge is 2.41. The zero-order chi connectivity index (χ0) is 12.2. The molecule has 1 aliphatic carbocycles. The maximum Gasteiger partial charge on any atom is 0.401 e. The molecule has 0 aromatic rings. The number of alkyl halides is 3. The van der Waals surface area contributed by atoms with Crippen LogP contribution < -0.4 is 5.73 Å². The molecule has 0 aromatic carbocycles. The minimum absolute atomic E-state index is 0.330. The van der Waals surface area contributed by atoms with Crippen LogP contribution in [0.1, 0.15) is 39.0 Å². The Morgan fingerprint density at radius 3 is 2.12 bits per heavy atom. The van der Waals surface area contributed by atoms with Gasteiger partial charge < -0.3 is 5.73 Å². The lowest BCUT2D eigenvalue weighted by molar-refractivity contribution is -0.161. The van der Waals surface area contributed by atoms with Gasteiger partial charge >= 0.3 is 6.18 Å². The molecule has 0 unspecified atom stereocenters. The van der Waals surface area contributed by atoms with Crippen molar-refractivity contribution in [2.24, 2.45) is 5.73 Å². The van der Waals surface area contributed by atoms with Crippen LogP contribution in [0.2, 0.25) is 0 Å². The van der Waals surface area contributed by atoms with E-state index in [2.05, 4.69) is 0 Å². The Kier molecular flexibility index (Phi) is 4.62. The standard InChI is InChI=1S/C11H21F3N2/c1-2-16(9-11(12,13)14)10(8-15)6-4-3-5-7-10/h2-9,15H2,1H3. The average molecular weight is 238 g/mol. The summed E-state index contributed by atoms with van der Waals surface area (Å²) < 4.78 is 37.4. The summed E-state index contributed by atoms with van der Waals surface area (Å²) in [5.41, 5.74) is 5.31. The van der Waals surface area contributed by atoms with E-state index in [0.29, 0.717) is 13.1 Å². The summed E-state index contributed by atoms with van der Waals surface area (Å²) in [6.07, 6.45) is 0.568. The minimum Gasteiger partial charge on any atom is -0.329 e. The van der Waals surface area contributed by atoms with Gasteiger partial charge in [-0.2, -0.15) is 13.2 Å². The predicted molar refractivity (Wildman–Crippen MR) is 58.2 cm³/mol. The van der Waals surface area contributed by atoms with Crippen molar-refractivity contribution in [2.45, 2.75) is 50.7 Å². The summed E-state index contributed by atoms with van der Waals surface area (Å²) in [6, 6.07) is 0. The molecule has 0 atom stereocenters. The van der Waals surface area contributed by atoms with Gasteiger partial charge in [0, 0.05) is 12.1 Å². The van der Waals surface area contributed by atoms with Gasteiger partial charge in [-0.05, 0) is 19.4 Å². The zero-order valence-corrected chi connectivity index (χ0v) is 9.82. The van der Waals surface area contributed by atoms with Crippen LogP contribution >= 0.6 is 0 Å². The van der Waals surface area contributed by atoms with Gasteiger partial charge in [-0.15, -0.1) is 0 Å². The van der Waals surface area contributed by atoms with Gasteiger partial charge in [0.15, 0.2) is 0 Å². The van der Waals surface area contributed by atoms with E-state index in [-0.39, 0.29) is 0 Å². The molecule has 16 heavy (non-hydrogen) atoms. The van der Waals surface area contributed by atoms with E-state index in [1.54, 1.807) is 6.92 Å². The van der Waals surface area contributed by atoms with Gasteiger partial charge in [-0.3, -0.25) is 4.90 Å². The molecular weight excluding hydrogens is 217 g/mol. The van der Waals surface area contributed by atoms with Gasteiger partial charge in [-0.1, -0.05) is 26.2 Å². The normalized spacial score (nSPS) is 21.4. The molecule has 1 saturated carbocycles. The molecule has 5 heteroatoms. The Labute approximate surface area is 95.0 Å². The van der Waals surface area contributed by atoms with Crippen molar-refractivity contribution in [3.05, 3.63) is 0 Å². The predicted octanol–water partition coefficient (Wildman–Crippen LogP) is 2.53. The molecule has 1 rings (SSSR count). The third-order valence-corrected chi connectivity index (χ3v) is 3.59. The van der Waals surface area contributed by atoms with E-state index in [0.717, 1.165) is 32.1 Å². The highest BCUT2D eigenvalue weighted by atomic mass is 19.4. The van der Waals surface area contributed by atoms with Crippen molar-refractivity contribution in [3.8, 4) is 0 Å². The molecule has 0 spiro atoms. The zero-order valence-electron chi connectivity index (χ0n) is 9.82. The summed E-state index contributed by atoms with van der Waals surface area (Å²) in [4.78, 5) is 1.52. The third-order valence-electron chi connectivity index (χ3n) is 3.59. The molecule has 0 bridgehead atoms. The second kappa shape index (κ2) is 5.36. The van der Waals surface area contributed by atoms with Gasteiger partial charge in [0.25, 0.3) is 0 Å². The van der Waals surface area contributed by atoms with Crippen LogP contribution in [0.4, 0.5) is 13.2 Å². The molecule has 0 aliphatic heterocycles. The van der Waals surface area contributed by atoms with Crippen LogP contribution in [-0.2, 0) is 0 Å². The Balaban J connectivity index is 2.74. The van der Waals surface area contributed by atoms with E-state index >= 15 is 0 Å². The van der Waals surface area contributed by atoms with Crippen LogP contribution in [0.5, 0.6) is 0 Å². The summed E-state index contributed by atoms with van der Waals surface area (Å²) in [6.45, 7) is 1.69. The van der Waals surface area contributed by atoms with Crippen LogP contribution in [-0.4, -0.2) is 36.2 Å². The molecule has 0 radical (unpaired) electrons. The van der Waals surface area contributed by atoms with E-state index < -0.39 is 18.3 Å². The van der Waals surface area contributed by atoms with Crippen molar-refractivity contribution in [1.82, 2.24) is 4.90 Å². The highest BCUT2D eigenvalue weighted by molar-refractivity contribution is 4.94. The Morgan fingerprint density at radius 1 is 1.19 bits per heavy atom. The SMILES string of the molecule is CCN(CC(F)(F)F)C1(CN)CCCCC1. The molecule has 96 valence electrons. The first kappa shape index (κ1) is 13.8. The number of likely N-dealkylation sites (N-methyl/N-ethyl adjacent to an activating group) is 1. The number of halogens is 3. The number of hydrogen-bond donors (Lipinski definition) is 1. The first-order chi connectivity index (χ1) is 7.43. The van der Waals surface area contributed by atoms with Gasteiger partial charge in [0.2, 0.25) is 0 Å². The number of hydrogen-bond acceptors (Lipinski definition) is 2. The number of nitrogens with two attached hydrogens (primary N) is 1. The molecule has 1 aliphatic rings. The molecule has 0 aromatic heterocycles. The number of rotatable bonds is 4. The molecular formula is C11H21F3N2. The van der Waals surface area contributed by atoms with Crippen LogP contribution in [0.25, 0.3) is 0 Å². The van der Waals surface area contributed by atoms with Crippen molar-refractivity contribution >= 4 is 0 Å². The molecule has 0 heterocycles. The summed E-state index contributed by atoms with van der Waals surface area (Å²) in [7, 11) is 0. The lowest BCUT2D eigenvalue weighted by Crippen LogP contribution is -2.57. The van der Waals surface area contributed by atoms with E-state index in [9.17, 15) is 13.2 Å². The van der Waals surface area contributed by atoms with E-state index in [1.807, 2.05) is 0 Å². The Morgan fingerprint density at radius 2 is 1.75 bits per heavy atom. The Hall–Kier alpha value is -0.290. The lowest BCUT2D eigenvalue weighted by Gasteiger charge is -2.45. The maximum absolute atomic E-state index is 12.5. The summed E-state index contributed by atoms with van der Waals surface area (Å²) in [5, 5.41) is 0. The van der Waals surface area contributed by atoms with Crippen molar-refractivity contribution < 1.29 is 13.2 Å². The molecule has 2 nitrogen and oxygen atoms in total. The van der Waals surface area contributed by atoms with Crippen molar-refractivity contribution in [1.29, 1.82) is 0 Å². The van der Waals surface area contributed by atoms with Gasteiger partial charge in [-0.25, -0.2) is 0 Å². The highest BCUT2D eigenvalue weighted by Crippen LogP contribution is 2.34. The van der Waals surface area contributed by atoms with E-state index in [1.165, 1.54) is 4.90 Å². The monoisotopic (exact) mass is 238 g/mol. The van der Waals surface area contributed by atoms with Crippen LogP contribution in [0.15, 0.2) is 0 Å².